The van der Waals surface area contributed by atoms with Crippen molar-refractivity contribution in [3.8, 4) is 0 Å². The largest absolute Gasteiger partial charge is 0.393 e. The molecule has 0 bridgehead atoms. The van der Waals surface area contributed by atoms with Crippen molar-refractivity contribution in [1.29, 1.82) is 0 Å². The standard InChI is InChI=1S/C18H23NO2S/c1-13(20)10-16(15-6-4-3-5-7-15)12-19-18(21)11-17-9-8-14(2)22-17/h3-9,13,16,20H,10-12H2,1-2H3,(H,19,21). The Morgan fingerprint density at radius 2 is 1.95 bits per heavy atom. The molecule has 0 aliphatic rings. The van der Waals surface area contributed by atoms with Gasteiger partial charge in [0.1, 0.15) is 0 Å². The maximum absolute atomic E-state index is 12.1. The van der Waals surface area contributed by atoms with Crippen LogP contribution in [0.4, 0.5) is 0 Å². The van der Waals surface area contributed by atoms with E-state index in [1.807, 2.05) is 49.4 Å². The lowest BCUT2D eigenvalue weighted by Gasteiger charge is -2.19. The Morgan fingerprint density at radius 1 is 1.23 bits per heavy atom. The fourth-order valence-electron chi connectivity index (χ4n) is 2.51. The van der Waals surface area contributed by atoms with Gasteiger partial charge in [0.15, 0.2) is 0 Å². The molecule has 2 rings (SSSR count). The van der Waals surface area contributed by atoms with E-state index in [4.69, 9.17) is 0 Å². The zero-order chi connectivity index (χ0) is 15.9. The van der Waals surface area contributed by atoms with Crippen LogP contribution in [0.3, 0.4) is 0 Å². The molecule has 0 aliphatic heterocycles. The number of carbonyl (C=O) groups is 1. The Balaban J connectivity index is 1.91. The Morgan fingerprint density at radius 3 is 2.55 bits per heavy atom. The highest BCUT2D eigenvalue weighted by atomic mass is 32.1. The lowest BCUT2D eigenvalue weighted by Crippen LogP contribution is -2.30. The van der Waals surface area contributed by atoms with Crippen LogP contribution in [0.2, 0.25) is 0 Å². The zero-order valence-corrected chi connectivity index (χ0v) is 13.9. The van der Waals surface area contributed by atoms with Gasteiger partial charge in [-0.3, -0.25) is 4.79 Å². The minimum Gasteiger partial charge on any atom is -0.393 e. The van der Waals surface area contributed by atoms with Gasteiger partial charge in [0, 0.05) is 22.2 Å². The lowest BCUT2D eigenvalue weighted by molar-refractivity contribution is -0.120. The number of carbonyl (C=O) groups excluding carboxylic acids is 1. The van der Waals surface area contributed by atoms with E-state index >= 15 is 0 Å². The van der Waals surface area contributed by atoms with Crippen LogP contribution in [0.15, 0.2) is 42.5 Å². The molecule has 0 aliphatic carbocycles. The van der Waals surface area contributed by atoms with Crippen molar-refractivity contribution in [2.24, 2.45) is 0 Å². The summed E-state index contributed by atoms with van der Waals surface area (Å²) >= 11 is 1.66. The molecule has 22 heavy (non-hydrogen) atoms. The molecule has 1 heterocycles. The van der Waals surface area contributed by atoms with Crippen molar-refractivity contribution in [3.05, 3.63) is 57.8 Å². The van der Waals surface area contributed by atoms with E-state index in [-0.39, 0.29) is 17.9 Å². The van der Waals surface area contributed by atoms with Crippen LogP contribution >= 0.6 is 11.3 Å². The molecular weight excluding hydrogens is 294 g/mol. The number of hydrogen-bond donors (Lipinski definition) is 2. The van der Waals surface area contributed by atoms with Crippen molar-refractivity contribution in [2.45, 2.75) is 38.7 Å². The van der Waals surface area contributed by atoms with E-state index < -0.39 is 0 Å². The number of benzene rings is 1. The van der Waals surface area contributed by atoms with E-state index in [0.717, 1.165) is 10.4 Å². The maximum atomic E-state index is 12.1. The van der Waals surface area contributed by atoms with E-state index in [1.54, 1.807) is 18.3 Å². The Hall–Kier alpha value is -1.65. The summed E-state index contributed by atoms with van der Waals surface area (Å²) in [7, 11) is 0. The van der Waals surface area contributed by atoms with E-state index in [2.05, 4.69) is 5.32 Å². The highest BCUT2D eigenvalue weighted by molar-refractivity contribution is 7.12. The summed E-state index contributed by atoms with van der Waals surface area (Å²) in [6, 6.07) is 14.1. The predicted molar refractivity (Wildman–Crippen MR) is 91.3 cm³/mol. The second-order valence-corrected chi connectivity index (χ2v) is 7.06. The molecule has 2 unspecified atom stereocenters. The van der Waals surface area contributed by atoms with Crippen LogP contribution in [0.25, 0.3) is 0 Å². The van der Waals surface area contributed by atoms with E-state index in [0.29, 0.717) is 19.4 Å². The molecule has 4 heteroatoms. The number of thiophene rings is 1. The first-order valence-electron chi connectivity index (χ1n) is 7.59. The van der Waals surface area contributed by atoms with Gasteiger partial charge < -0.3 is 10.4 Å². The second kappa shape index (κ2) is 8.11. The van der Waals surface area contributed by atoms with Crippen molar-refractivity contribution in [3.63, 3.8) is 0 Å². The summed E-state index contributed by atoms with van der Waals surface area (Å²) in [6.45, 7) is 4.38. The van der Waals surface area contributed by atoms with Gasteiger partial charge in [-0.25, -0.2) is 0 Å². The summed E-state index contributed by atoms with van der Waals surface area (Å²) < 4.78 is 0. The fraction of sp³-hybridized carbons (Fsp3) is 0.389. The molecule has 2 atom stereocenters. The molecule has 3 nitrogen and oxygen atoms in total. The van der Waals surface area contributed by atoms with Crippen LogP contribution in [0, 0.1) is 6.92 Å². The number of aliphatic hydroxyl groups is 1. The maximum Gasteiger partial charge on any atom is 0.225 e. The number of rotatable bonds is 7. The minimum atomic E-state index is -0.387. The number of nitrogens with one attached hydrogen (secondary N) is 1. The first kappa shape index (κ1) is 16.7. The van der Waals surface area contributed by atoms with Gasteiger partial charge in [0.25, 0.3) is 0 Å². The fourth-order valence-corrected chi connectivity index (χ4v) is 3.40. The van der Waals surface area contributed by atoms with Gasteiger partial charge in [0.05, 0.1) is 12.5 Å². The lowest BCUT2D eigenvalue weighted by atomic mass is 9.93. The first-order valence-corrected chi connectivity index (χ1v) is 8.41. The third-order valence-corrected chi connectivity index (χ3v) is 4.57. The van der Waals surface area contributed by atoms with Crippen molar-refractivity contribution < 1.29 is 9.90 Å². The first-order chi connectivity index (χ1) is 10.5. The Labute approximate surface area is 136 Å². The Kier molecular flexibility index (Phi) is 6.16. The average molecular weight is 317 g/mol. The normalized spacial score (nSPS) is 13.6. The SMILES string of the molecule is Cc1ccc(CC(=O)NCC(CC(C)O)c2ccccc2)s1. The van der Waals surface area contributed by atoms with Gasteiger partial charge in [0.2, 0.25) is 5.91 Å². The third kappa shape index (κ3) is 5.28. The summed E-state index contributed by atoms with van der Waals surface area (Å²) in [6.07, 6.45) is 0.680. The molecule has 1 aromatic heterocycles. The molecule has 118 valence electrons. The molecule has 0 saturated carbocycles. The molecule has 1 amide bonds. The predicted octanol–water partition coefficient (Wildman–Crippen LogP) is 3.27. The van der Waals surface area contributed by atoms with Crippen LogP contribution in [-0.4, -0.2) is 23.7 Å². The molecule has 2 aromatic rings. The average Bonchev–Trinajstić information content (AvgIpc) is 2.89. The summed E-state index contributed by atoms with van der Waals surface area (Å²) in [5, 5.41) is 12.7. The third-order valence-electron chi connectivity index (χ3n) is 3.57. The number of aryl methyl sites for hydroxylation is 1. The van der Waals surface area contributed by atoms with E-state index in [9.17, 15) is 9.90 Å². The number of amides is 1. The highest BCUT2D eigenvalue weighted by Gasteiger charge is 2.15. The summed E-state index contributed by atoms with van der Waals surface area (Å²) in [4.78, 5) is 14.4. The van der Waals surface area contributed by atoms with Crippen LogP contribution < -0.4 is 5.32 Å². The van der Waals surface area contributed by atoms with Gasteiger partial charge in [-0.05, 0) is 38.0 Å². The highest BCUT2D eigenvalue weighted by Crippen LogP contribution is 2.21. The smallest absolute Gasteiger partial charge is 0.225 e. The molecular formula is C18H23NO2S. The summed E-state index contributed by atoms with van der Waals surface area (Å²) in [5.74, 6) is 0.170. The molecule has 0 fully saturated rings. The van der Waals surface area contributed by atoms with Crippen molar-refractivity contribution in [2.75, 3.05) is 6.54 Å². The van der Waals surface area contributed by atoms with Gasteiger partial charge >= 0.3 is 0 Å². The molecule has 0 saturated heterocycles. The van der Waals surface area contributed by atoms with Crippen LogP contribution in [-0.2, 0) is 11.2 Å². The van der Waals surface area contributed by atoms with Gasteiger partial charge in [-0.1, -0.05) is 30.3 Å². The van der Waals surface area contributed by atoms with Crippen LogP contribution in [0.5, 0.6) is 0 Å². The summed E-state index contributed by atoms with van der Waals surface area (Å²) in [5.41, 5.74) is 1.15. The molecule has 1 aromatic carbocycles. The minimum absolute atomic E-state index is 0.0355. The molecule has 2 N–H and O–H groups in total. The van der Waals surface area contributed by atoms with Crippen LogP contribution in [0.1, 0.15) is 34.6 Å². The molecule has 0 radical (unpaired) electrons. The van der Waals surface area contributed by atoms with Gasteiger partial charge in [-0.2, -0.15) is 0 Å². The van der Waals surface area contributed by atoms with Gasteiger partial charge in [-0.15, -0.1) is 11.3 Å². The number of hydrogen-bond acceptors (Lipinski definition) is 3. The van der Waals surface area contributed by atoms with E-state index in [1.165, 1.54) is 4.88 Å². The van der Waals surface area contributed by atoms with Crippen molar-refractivity contribution in [1.82, 2.24) is 5.32 Å². The zero-order valence-electron chi connectivity index (χ0n) is 13.1. The number of aliphatic hydroxyl groups excluding tert-OH is 1. The monoisotopic (exact) mass is 317 g/mol. The second-order valence-electron chi connectivity index (χ2n) is 5.69. The topological polar surface area (TPSA) is 49.3 Å². The quantitative estimate of drug-likeness (QED) is 0.823. The van der Waals surface area contributed by atoms with Crippen molar-refractivity contribution >= 4 is 17.2 Å². The Bertz CT molecular complexity index is 592. The molecule has 0 spiro atoms.